The molecule has 5 heteroatoms. The second kappa shape index (κ2) is 4.40. The molecular formula is C11H11N3OS. The lowest BCUT2D eigenvalue weighted by Crippen LogP contribution is -2.28. The van der Waals surface area contributed by atoms with Gasteiger partial charge in [-0.05, 0) is 35.1 Å². The molecule has 1 aliphatic rings. The third-order valence-corrected chi connectivity index (χ3v) is 2.89. The molecule has 0 fully saturated rings. The molecule has 0 saturated heterocycles. The summed E-state index contributed by atoms with van der Waals surface area (Å²) in [4.78, 5) is 12.0. The summed E-state index contributed by atoms with van der Waals surface area (Å²) in [5.74, 6) is 0. The fourth-order valence-electron chi connectivity index (χ4n) is 1.60. The fourth-order valence-corrected chi connectivity index (χ4v) is 1.72. The van der Waals surface area contributed by atoms with Crippen LogP contribution in [0.5, 0.6) is 0 Å². The van der Waals surface area contributed by atoms with Crippen molar-refractivity contribution in [2.75, 3.05) is 18.9 Å². The van der Waals surface area contributed by atoms with Crippen molar-refractivity contribution in [2.24, 2.45) is 5.18 Å². The Labute approximate surface area is 98.9 Å². The number of rotatable bonds is 1. The molecule has 0 atom stereocenters. The minimum Gasteiger partial charge on any atom is -0.379 e. The number of nitrogens with one attached hydrogen (secondary N) is 1. The molecular weight excluding hydrogens is 222 g/mol. The van der Waals surface area contributed by atoms with Crippen molar-refractivity contribution in [1.82, 2.24) is 4.90 Å². The van der Waals surface area contributed by atoms with Crippen molar-refractivity contribution >= 4 is 29.1 Å². The summed E-state index contributed by atoms with van der Waals surface area (Å²) in [5, 5.41) is 6.07. The SMILES string of the molecule is CN(C(=S)N=O)C1=Cc2ccccc2NC1. The van der Waals surface area contributed by atoms with Crippen LogP contribution >= 0.6 is 12.2 Å². The van der Waals surface area contributed by atoms with Gasteiger partial charge in [0, 0.05) is 18.4 Å². The lowest BCUT2D eigenvalue weighted by atomic mass is 10.1. The smallest absolute Gasteiger partial charge is 0.242 e. The first-order valence-corrected chi connectivity index (χ1v) is 5.27. The summed E-state index contributed by atoms with van der Waals surface area (Å²) in [7, 11) is 1.74. The minimum absolute atomic E-state index is 0.0485. The molecule has 0 bridgehead atoms. The fraction of sp³-hybridized carbons (Fsp3) is 0.182. The number of fused-ring (bicyclic) bond motifs is 1. The van der Waals surface area contributed by atoms with Gasteiger partial charge in [-0.1, -0.05) is 18.2 Å². The van der Waals surface area contributed by atoms with E-state index in [-0.39, 0.29) is 5.11 Å². The zero-order valence-corrected chi connectivity index (χ0v) is 9.62. The Balaban J connectivity index is 2.30. The van der Waals surface area contributed by atoms with Gasteiger partial charge in [-0.3, -0.25) is 0 Å². The summed E-state index contributed by atoms with van der Waals surface area (Å²) in [6.07, 6.45) is 2.00. The van der Waals surface area contributed by atoms with E-state index in [4.69, 9.17) is 12.2 Å². The van der Waals surface area contributed by atoms with Gasteiger partial charge in [0.1, 0.15) is 0 Å². The van der Waals surface area contributed by atoms with Gasteiger partial charge in [0.05, 0.1) is 6.54 Å². The molecule has 0 spiro atoms. The maximum atomic E-state index is 10.4. The van der Waals surface area contributed by atoms with E-state index < -0.39 is 0 Å². The Morgan fingerprint density at radius 1 is 1.50 bits per heavy atom. The quantitative estimate of drug-likeness (QED) is 0.597. The maximum Gasteiger partial charge on any atom is 0.242 e. The molecule has 0 radical (unpaired) electrons. The van der Waals surface area contributed by atoms with Gasteiger partial charge in [-0.15, -0.1) is 4.91 Å². The second-order valence-electron chi connectivity index (χ2n) is 3.51. The number of benzene rings is 1. The van der Waals surface area contributed by atoms with Gasteiger partial charge in [0.25, 0.3) is 0 Å². The van der Waals surface area contributed by atoms with Crippen LogP contribution in [0.25, 0.3) is 6.08 Å². The Kier molecular flexibility index (Phi) is 2.96. The standard InChI is InChI=1S/C11H11N3OS/c1-14(11(16)13-15)9-6-8-4-2-3-5-10(8)12-7-9/h2-6,12H,7H2,1H3. The largest absolute Gasteiger partial charge is 0.379 e. The van der Waals surface area contributed by atoms with Gasteiger partial charge < -0.3 is 10.2 Å². The van der Waals surface area contributed by atoms with Crippen LogP contribution in [0, 0.1) is 4.91 Å². The Hall–Kier alpha value is -1.75. The highest BCUT2D eigenvalue weighted by atomic mass is 32.1. The van der Waals surface area contributed by atoms with E-state index in [0.29, 0.717) is 6.54 Å². The zero-order chi connectivity index (χ0) is 11.5. The van der Waals surface area contributed by atoms with E-state index in [1.165, 1.54) is 0 Å². The van der Waals surface area contributed by atoms with Crippen molar-refractivity contribution in [3.8, 4) is 0 Å². The number of para-hydroxylation sites is 1. The average molecular weight is 233 g/mol. The van der Waals surface area contributed by atoms with E-state index in [2.05, 4.69) is 10.5 Å². The Morgan fingerprint density at radius 2 is 2.25 bits per heavy atom. The van der Waals surface area contributed by atoms with Crippen molar-refractivity contribution in [3.05, 3.63) is 40.4 Å². The van der Waals surface area contributed by atoms with Crippen LogP contribution in [-0.4, -0.2) is 23.6 Å². The molecule has 0 saturated carbocycles. The van der Waals surface area contributed by atoms with E-state index in [1.54, 1.807) is 11.9 Å². The van der Waals surface area contributed by atoms with Gasteiger partial charge in [0.15, 0.2) is 0 Å². The van der Waals surface area contributed by atoms with Gasteiger partial charge in [0.2, 0.25) is 5.11 Å². The highest BCUT2D eigenvalue weighted by Crippen LogP contribution is 2.24. The number of thiocarbonyl (C=S) groups is 1. The van der Waals surface area contributed by atoms with E-state index in [1.807, 2.05) is 30.3 Å². The summed E-state index contributed by atoms with van der Waals surface area (Å²) < 4.78 is 0. The molecule has 1 aromatic rings. The van der Waals surface area contributed by atoms with E-state index in [0.717, 1.165) is 16.9 Å². The van der Waals surface area contributed by atoms with E-state index >= 15 is 0 Å². The highest BCUT2D eigenvalue weighted by molar-refractivity contribution is 7.80. The Morgan fingerprint density at radius 3 is 3.00 bits per heavy atom. The first-order chi connectivity index (χ1) is 7.72. The molecule has 1 heterocycles. The number of anilines is 1. The molecule has 0 aromatic heterocycles. The molecule has 4 nitrogen and oxygen atoms in total. The maximum absolute atomic E-state index is 10.4. The monoisotopic (exact) mass is 233 g/mol. The predicted molar refractivity (Wildman–Crippen MR) is 69.1 cm³/mol. The zero-order valence-electron chi connectivity index (χ0n) is 8.80. The summed E-state index contributed by atoms with van der Waals surface area (Å²) in [6, 6.07) is 7.97. The molecule has 16 heavy (non-hydrogen) atoms. The molecule has 0 amide bonds. The highest BCUT2D eigenvalue weighted by Gasteiger charge is 2.15. The summed E-state index contributed by atoms with van der Waals surface area (Å²) in [5.41, 5.74) is 3.11. The molecule has 1 aliphatic heterocycles. The lowest BCUT2D eigenvalue weighted by Gasteiger charge is -2.24. The minimum atomic E-state index is 0.0485. The number of nitroso groups, excluding NO2 is 1. The van der Waals surface area contributed by atoms with Gasteiger partial charge >= 0.3 is 0 Å². The number of hydrogen-bond donors (Lipinski definition) is 1. The van der Waals surface area contributed by atoms with Crippen molar-refractivity contribution in [2.45, 2.75) is 0 Å². The van der Waals surface area contributed by atoms with Gasteiger partial charge in [-0.25, -0.2) is 0 Å². The topological polar surface area (TPSA) is 44.7 Å². The van der Waals surface area contributed by atoms with Crippen LogP contribution in [0.2, 0.25) is 0 Å². The molecule has 1 aromatic carbocycles. The normalized spacial score (nSPS) is 13.2. The first kappa shape index (κ1) is 10.8. The molecule has 1 N–H and O–H groups in total. The molecule has 0 unspecified atom stereocenters. The van der Waals surface area contributed by atoms with Gasteiger partial charge in [-0.2, -0.15) is 0 Å². The lowest BCUT2D eigenvalue weighted by molar-refractivity contribution is 0.625. The molecule has 2 rings (SSSR count). The van der Waals surface area contributed by atoms with E-state index in [9.17, 15) is 4.91 Å². The van der Waals surface area contributed by atoms with Crippen molar-refractivity contribution < 1.29 is 0 Å². The van der Waals surface area contributed by atoms with Crippen LogP contribution in [0.4, 0.5) is 5.69 Å². The van der Waals surface area contributed by atoms with Crippen molar-refractivity contribution in [1.29, 1.82) is 0 Å². The van der Waals surface area contributed by atoms with Crippen molar-refractivity contribution in [3.63, 3.8) is 0 Å². The Bertz CT molecular complexity index is 470. The third-order valence-electron chi connectivity index (χ3n) is 2.54. The summed E-state index contributed by atoms with van der Waals surface area (Å²) in [6.45, 7) is 0.642. The van der Waals surface area contributed by atoms with Crippen LogP contribution in [0.1, 0.15) is 5.56 Å². The predicted octanol–water partition coefficient (Wildman–Crippen LogP) is 2.44. The van der Waals surface area contributed by atoms with Crippen LogP contribution in [-0.2, 0) is 0 Å². The first-order valence-electron chi connectivity index (χ1n) is 4.87. The number of likely N-dealkylation sites (N-methyl/N-ethyl adjacent to an activating group) is 1. The second-order valence-corrected chi connectivity index (χ2v) is 3.87. The molecule has 0 aliphatic carbocycles. The van der Waals surface area contributed by atoms with Crippen LogP contribution in [0.3, 0.4) is 0 Å². The average Bonchev–Trinajstić information content (AvgIpc) is 2.36. The number of hydrogen-bond acceptors (Lipinski definition) is 3. The summed E-state index contributed by atoms with van der Waals surface area (Å²) >= 11 is 4.84. The number of nitrogens with zero attached hydrogens (tertiary/aromatic N) is 2. The van der Waals surface area contributed by atoms with Crippen LogP contribution in [0.15, 0.2) is 35.1 Å². The molecule has 82 valence electrons. The third kappa shape index (κ3) is 1.94. The van der Waals surface area contributed by atoms with Crippen LogP contribution < -0.4 is 5.32 Å².